The van der Waals surface area contributed by atoms with Gasteiger partial charge in [0.1, 0.15) is 23.7 Å². The number of aromatic nitrogens is 3. The molecule has 1 aliphatic carbocycles. The number of H-pyrrole nitrogens is 1. The van der Waals surface area contributed by atoms with E-state index in [1.807, 2.05) is 9.80 Å². The normalized spacial score (nSPS) is 23.6. The average Bonchev–Trinajstić information content (AvgIpc) is 3.40. The van der Waals surface area contributed by atoms with Crippen molar-refractivity contribution in [2.45, 2.75) is 44.1 Å². The van der Waals surface area contributed by atoms with Crippen molar-refractivity contribution >= 4 is 17.6 Å². The zero-order chi connectivity index (χ0) is 20.7. The second kappa shape index (κ2) is 7.72. The van der Waals surface area contributed by atoms with E-state index < -0.39 is 0 Å². The van der Waals surface area contributed by atoms with Crippen molar-refractivity contribution in [1.29, 1.82) is 0 Å². The number of piperidine rings is 1. The molecule has 0 radical (unpaired) electrons. The topological polar surface area (TPSA) is 74.3 Å². The second-order valence-electron chi connectivity index (χ2n) is 8.79. The summed E-state index contributed by atoms with van der Waals surface area (Å²) in [6.45, 7) is 3.03. The average molecular weight is 434 g/mol. The van der Waals surface area contributed by atoms with Gasteiger partial charge in [-0.2, -0.15) is 5.10 Å². The molecule has 30 heavy (non-hydrogen) atoms. The van der Waals surface area contributed by atoms with Crippen LogP contribution in [-0.2, 0) is 0 Å². The number of benzene rings is 1. The summed E-state index contributed by atoms with van der Waals surface area (Å²) in [7, 11) is 0. The SMILES string of the molecule is O=C(N1CCC2(CC1)CC(Oc1ccc(F)cc1Cl)C2)N1CC[C@@H](c2ncn[nH]2)C1. The minimum atomic E-state index is -0.361. The molecule has 160 valence electrons. The van der Waals surface area contributed by atoms with E-state index in [9.17, 15) is 9.18 Å². The van der Waals surface area contributed by atoms with Crippen LogP contribution in [-0.4, -0.2) is 63.3 Å². The van der Waals surface area contributed by atoms with Crippen LogP contribution < -0.4 is 4.74 Å². The standard InChI is InChI=1S/C21H25ClFN5O2/c22-17-9-15(23)1-2-18(17)30-16-10-21(11-16)4-7-27(8-5-21)20(29)28-6-3-14(12-28)19-24-13-25-26-19/h1-2,9,13-14,16H,3-8,10-12H2,(H,24,25,26)/t14-/m1/s1. The van der Waals surface area contributed by atoms with Crippen molar-refractivity contribution in [3.05, 3.63) is 41.2 Å². The Labute approximate surface area is 179 Å². The molecule has 1 aromatic carbocycles. The molecule has 1 N–H and O–H groups in total. The van der Waals surface area contributed by atoms with E-state index in [0.717, 1.165) is 57.6 Å². The molecular formula is C21H25ClFN5O2. The highest BCUT2D eigenvalue weighted by Gasteiger charge is 2.48. The van der Waals surface area contributed by atoms with Gasteiger partial charge in [0.25, 0.3) is 0 Å². The van der Waals surface area contributed by atoms with Gasteiger partial charge in [-0.1, -0.05) is 11.6 Å². The highest BCUT2D eigenvalue weighted by molar-refractivity contribution is 6.32. The molecule has 0 unspecified atom stereocenters. The summed E-state index contributed by atoms with van der Waals surface area (Å²) in [5.41, 5.74) is 0.251. The lowest BCUT2D eigenvalue weighted by Gasteiger charge is -2.52. The van der Waals surface area contributed by atoms with E-state index >= 15 is 0 Å². The number of likely N-dealkylation sites (tertiary alicyclic amines) is 2. The van der Waals surface area contributed by atoms with E-state index in [1.54, 1.807) is 6.07 Å². The van der Waals surface area contributed by atoms with E-state index in [1.165, 1.54) is 18.5 Å². The van der Waals surface area contributed by atoms with Crippen LogP contribution in [0.1, 0.15) is 43.8 Å². The third-order valence-corrected chi connectivity index (χ3v) is 7.18. The number of hydrogen-bond donors (Lipinski definition) is 1. The number of halogens is 2. The fourth-order valence-electron chi connectivity index (χ4n) is 5.09. The quantitative estimate of drug-likeness (QED) is 0.798. The Morgan fingerprint density at radius 3 is 2.73 bits per heavy atom. The Hall–Kier alpha value is -2.35. The molecule has 3 aliphatic rings. The number of nitrogens with one attached hydrogen (secondary N) is 1. The molecule has 5 rings (SSSR count). The number of nitrogens with zero attached hydrogens (tertiary/aromatic N) is 4. The maximum absolute atomic E-state index is 13.2. The van der Waals surface area contributed by atoms with Gasteiger partial charge in [0, 0.05) is 32.1 Å². The predicted octanol–water partition coefficient (Wildman–Crippen LogP) is 3.83. The molecule has 9 heteroatoms. The van der Waals surface area contributed by atoms with Crippen molar-refractivity contribution in [3.63, 3.8) is 0 Å². The Kier molecular flexibility index (Phi) is 5.05. The smallest absolute Gasteiger partial charge is 0.320 e. The van der Waals surface area contributed by atoms with Crippen molar-refractivity contribution in [3.8, 4) is 5.75 Å². The first-order valence-corrected chi connectivity index (χ1v) is 10.9. The van der Waals surface area contributed by atoms with Gasteiger partial charge in [-0.05, 0) is 55.7 Å². The number of urea groups is 1. The van der Waals surface area contributed by atoms with Gasteiger partial charge in [0.2, 0.25) is 0 Å². The van der Waals surface area contributed by atoms with Crippen LogP contribution in [0.25, 0.3) is 0 Å². The zero-order valence-electron chi connectivity index (χ0n) is 16.7. The van der Waals surface area contributed by atoms with Gasteiger partial charge in [-0.15, -0.1) is 0 Å². The van der Waals surface area contributed by atoms with E-state index in [0.29, 0.717) is 17.3 Å². The first-order chi connectivity index (χ1) is 14.5. The third-order valence-electron chi connectivity index (χ3n) is 6.88. The minimum Gasteiger partial charge on any atom is -0.489 e. The van der Waals surface area contributed by atoms with Crippen LogP contribution in [0, 0.1) is 11.2 Å². The predicted molar refractivity (Wildman–Crippen MR) is 109 cm³/mol. The molecule has 1 saturated carbocycles. The Morgan fingerprint density at radius 2 is 2.03 bits per heavy atom. The van der Waals surface area contributed by atoms with Crippen LogP contribution in [0.4, 0.5) is 9.18 Å². The van der Waals surface area contributed by atoms with Crippen molar-refractivity contribution in [2.24, 2.45) is 5.41 Å². The zero-order valence-corrected chi connectivity index (χ0v) is 17.4. The Morgan fingerprint density at radius 1 is 1.23 bits per heavy atom. The molecule has 1 aromatic heterocycles. The molecule has 7 nitrogen and oxygen atoms in total. The van der Waals surface area contributed by atoms with Crippen LogP contribution in [0.5, 0.6) is 5.75 Å². The number of amides is 2. The molecule has 2 amide bonds. The maximum Gasteiger partial charge on any atom is 0.320 e. The van der Waals surface area contributed by atoms with E-state index in [4.69, 9.17) is 16.3 Å². The number of rotatable bonds is 3. The van der Waals surface area contributed by atoms with Crippen molar-refractivity contribution in [2.75, 3.05) is 26.2 Å². The van der Waals surface area contributed by atoms with Crippen molar-refractivity contribution in [1.82, 2.24) is 25.0 Å². The van der Waals surface area contributed by atoms with Crippen molar-refractivity contribution < 1.29 is 13.9 Å². The number of aromatic amines is 1. The van der Waals surface area contributed by atoms with Gasteiger partial charge in [0.05, 0.1) is 11.1 Å². The summed E-state index contributed by atoms with van der Waals surface area (Å²) < 4.78 is 19.2. The molecule has 3 heterocycles. The maximum atomic E-state index is 13.2. The molecule has 1 atom stereocenters. The summed E-state index contributed by atoms with van der Waals surface area (Å²) >= 11 is 6.07. The monoisotopic (exact) mass is 433 g/mol. The fourth-order valence-corrected chi connectivity index (χ4v) is 5.30. The summed E-state index contributed by atoms with van der Waals surface area (Å²) in [5.74, 6) is 1.29. The van der Waals surface area contributed by atoms with Gasteiger partial charge >= 0.3 is 6.03 Å². The van der Waals surface area contributed by atoms with Crippen LogP contribution in [0.15, 0.2) is 24.5 Å². The summed E-state index contributed by atoms with van der Waals surface area (Å²) in [6.07, 6.45) is 6.45. The Balaban J connectivity index is 1.10. The van der Waals surface area contributed by atoms with E-state index in [-0.39, 0.29) is 29.3 Å². The van der Waals surface area contributed by atoms with Gasteiger partial charge in [-0.25, -0.2) is 14.2 Å². The number of hydrogen-bond acceptors (Lipinski definition) is 4. The summed E-state index contributed by atoms with van der Waals surface area (Å²) in [6, 6.07) is 4.37. The third kappa shape index (κ3) is 3.73. The molecule has 1 spiro atoms. The van der Waals surface area contributed by atoms with Crippen LogP contribution >= 0.6 is 11.6 Å². The summed E-state index contributed by atoms with van der Waals surface area (Å²) in [4.78, 5) is 21.1. The molecular weight excluding hydrogens is 409 g/mol. The lowest BCUT2D eigenvalue weighted by molar-refractivity contribution is -0.0504. The molecule has 2 saturated heterocycles. The number of carbonyl (C=O) groups excluding carboxylic acids is 1. The highest BCUT2D eigenvalue weighted by atomic mass is 35.5. The molecule has 2 aliphatic heterocycles. The molecule has 2 aromatic rings. The van der Waals surface area contributed by atoms with Crippen LogP contribution in [0.2, 0.25) is 5.02 Å². The fraction of sp³-hybridized carbons (Fsp3) is 0.571. The van der Waals surface area contributed by atoms with Gasteiger partial charge in [0.15, 0.2) is 0 Å². The van der Waals surface area contributed by atoms with E-state index in [2.05, 4.69) is 15.2 Å². The van der Waals surface area contributed by atoms with Crippen LogP contribution in [0.3, 0.4) is 0 Å². The Bertz CT molecular complexity index is 908. The molecule has 3 fully saturated rings. The highest BCUT2D eigenvalue weighted by Crippen LogP contribution is 2.51. The summed E-state index contributed by atoms with van der Waals surface area (Å²) in [5, 5.41) is 7.15. The minimum absolute atomic E-state index is 0.108. The van der Waals surface area contributed by atoms with Gasteiger partial charge < -0.3 is 14.5 Å². The lowest BCUT2D eigenvalue weighted by atomic mass is 9.61. The first kappa shape index (κ1) is 19.6. The second-order valence-corrected chi connectivity index (χ2v) is 9.20. The first-order valence-electron chi connectivity index (χ1n) is 10.5. The number of carbonyl (C=O) groups is 1. The molecule has 0 bridgehead atoms. The lowest BCUT2D eigenvalue weighted by Crippen LogP contribution is -2.54. The largest absolute Gasteiger partial charge is 0.489 e. The van der Waals surface area contributed by atoms with Gasteiger partial charge in [-0.3, -0.25) is 5.10 Å². The number of ether oxygens (including phenoxy) is 1.